The van der Waals surface area contributed by atoms with Crippen molar-refractivity contribution in [3.63, 3.8) is 0 Å². The van der Waals surface area contributed by atoms with E-state index in [4.69, 9.17) is 9.51 Å². The molecule has 0 saturated heterocycles. The lowest BCUT2D eigenvalue weighted by molar-refractivity contribution is -0.118. The van der Waals surface area contributed by atoms with Crippen LogP contribution in [0.15, 0.2) is 40.1 Å². The maximum atomic E-state index is 12.5. The predicted molar refractivity (Wildman–Crippen MR) is 118 cm³/mol. The van der Waals surface area contributed by atoms with Crippen LogP contribution in [0, 0.1) is 37.5 Å². The van der Waals surface area contributed by atoms with Gasteiger partial charge in [0.1, 0.15) is 11.6 Å². The highest BCUT2D eigenvalue weighted by molar-refractivity contribution is 6.04. The molecule has 2 aromatic rings. The number of fused-ring (bicyclic) bond motifs is 2. The van der Waals surface area contributed by atoms with Crippen LogP contribution in [0.2, 0.25) is 0 Å². The van der Waals surface area contributed by atoms with Crippen LogP contribution in [0.4, 0.5) is 0 Å². The van der Waals surface area contributed by atoms with Gasteiger partial charge < -0.3 is 9.51 Å². The van der Waals surface area contributed by atoms with Crippen LogP contribution < -0.4 is 0 Å². The molecule has 4 unspecified atom stereocenters. The third kappa shape index (κ3) is 3.26. The molecular weight excluding hydrogens is 386 g/mol. The number of Topliss-reactive ketones (excluding diaryl/α,β-unsaturated/α-hetero) is 1. The number of carbonyl (C=O) groups excluding carboxylic acids is 1. The smallest absolute Gasteiger partial charge is 0.162 e. The molecule has 0 spiro atoms. The maximum absolute atomic E-state index is 12.5. The van der Waals surface area contributed by atoms with Gasteiger partial charge in [0.05, 0.1) is 11.4 Å². The van der Waals surface area contributed by atoms with Gasteiger partial charge in [-0.25, -0.2) is 4.98 Å². The van der Waals surface area contributed by atoms with Crippen LogP contribution in [0.3, 0.4) is 0 Å². The number of nitrogens with one attached hydrogen (secondary N) is 1. The van der Waals surface area contributed by atoms with Crippen molar-refractivity contribution in [1.29, 1.82) is 0 Å². The summed E-state index contributed by atoms with van der Waals surface area (Å²) in [6, 6.07) is 0. The average molecular weight is 416 g/mol. The van der Waals surface area contributed by atoms with E-state index in [9.17, 15) is 4.79 Å². The summed E-state index contributed by atoms with van der Waals surface area (Å²) in [4.78, 5) is 20.8. The van der Waals surface area contributed by atoms with E-state index in [1.165, 1.54) is 24.0 Å². The Hall–Kier alpha value is -2.69. The Balaban J connectivity index is 1.28. The molecule has 3 saturated carbocycles. The van der Waals surface area contributed by atoms with Gasteiger partial charge in [-0.2, -0.15) is 0 Å². The first-order chi connectivity index (χ1) is 15.1. The number of aromatic nitrogens is 3. The molecule has 4 atom stereocenters. The van der Waals surface area contributed by atoms with Gasteiger partial charge >= 0.3 is 0 Å². The normalized spacial score (nSPS) is 31.1. The van der Waals surface area contributed by atoms with E-state index in [1.54, 1.807) is 0 Å². The highest BCUT2D eigenvalue weighted by Gasteiger charge is 2.42. The van der Waals surface area contributed by atoms with Gasteiger partial charge in [-0.3, -0.25) is 4.79 Å². The van der Waals surface area contributed by atoms with Gasteiger partial charge in [-0.15, -0.1) is 0 Å². The Kier molecular flexibility index (Phi) is 4.41. The minimum atomic E-state index is 0.255. The lowest BCUT2D eigenvalue weighted by atomic mass is 9.74. The van der Waals surface area contributed by atoms with E-state index in [0.29, 0.717) is 23.5 Å². The largest absolute Gasteiger partial charge is 0.361 e. The molecule has 2 heterocycles. The monoisotopic (exact) mass is 415 g/mol. The fraction of sp³-hybridized carbons (Fsp3) is 0.500. The van der Waals surface area contributed by atoms with E-state index in [2.05, 4.69) is 28.4 Å². The molecule has 0 radical (unpaired) electrons. The van der Waals surface area contributed by atoms with Crippen LogP contribution >= 0.6 is 0 Å². The standard InChI is InChI=1S/C26H29N3O2/c1-14-25(15(2)31-29-14)21-5-3-4-20(16-6-7-16)23(21)12-24-27-13-19(28-24)11-22-17-8-9-18(10-17)26(22)30/h3-5,11,13,16-18,21,23H,6-10,12H2,1-2H3,(H,27,28)/b22-11-. The minimum absolute atomic E-state index is 0.255. The summed E-state index contributed by atoms with van der Waals surface area (Å²) in [5.74, 6) is 4.29. The number of allylic oxidation sites excluding steroid dienone is 5. The lowest BCUT2D eigenvalue weighted by Crippen LogP contribution is -2.21. The molecule has 4 aliphatic rings. The predicted octanol–water partition coefficient (Wildman–Crippen LogP) is 5.25. The summed E-state index contributed by atoms with van der Waals surface area (Å²) >= 11 is 0. The summed E-state index contributed by atoms with van der Waals surface area (Å²) in [5, 5.41) is 4.21. The Labute approximate surface area is 182 Å². The van der Waals surface area contributed by atoms with E-state index >= 15 is 0 Å². The summed E-state index contributed by atoms with van der Waals surface area (Å²) in [6.45, 7) is 4.05. The van der Waals surface area contributed by atoms with Crippen molar-refractivity contribution in [2.45, 2.75) is 58.3 Å². The van der Waals surface area contributed by atoms with Gasteiger partial charge in [0, 0.05) is 35.6 Å². The Bertz CT molecular complexity index is 1110. The Morgan fingerprint density at radius 3 is 2.68 bits per heavy atom. The van der Waals surface area contributed by atoms with E-state index in [-0.39, 0.29) is 11.8 Å². The van der Waals surface area contributed by atoms with Gasteiger partial charge in [0.2, 0.25) is 0 Å². The highest BCUT2D eigenvalue weighted by atomic mass is 16.5. The third-order valence-corrected chi connectivity index (χ3v) is 7.83. The second-order valence-electron chi connectivity index (χ2n) is 9.84. The summed E-state index contributed by atoms with van der Waals surface area (Å²) in [5.41, 5.74) is 5.63. The average Bonchev–Trinajstić information content (AvgIpc) is 3.05. The number of rotatable bonds is 5. The molecule has 160 valence electrons. The number of carbonyl (C=O) groups is 1. The first-order valence-corrected chi connectivity index (χ1v) is 11.7. The number of ketones is 1. The van der Waals surface area contributed by atoms with Crippen LogP contribution in [0.25, 0.3) is 6.08 Å². The second kappa shape index (κ2) is 7.18. The molecule has 2 aromatic heterocycles. The first-order valence-electron chi connectivity index (χ1n) is 11.7. The third-order valence-electron chi connectivity index (χ3n) is 7.83. The van der Waals surface area contributed by atoms with E-state index in [1.807, 2.05) is 26.1 Å². The van der Waals surface area contributed by atoms with Crippen LogP contribution in [-0.4, -0.2) is 20.9 Å². The number of aryl methyl sites for hydroxylation is 2. The molecule has 3 fully saturated rings. The zero-order chi connectivity index (χ0) is 21.1. The van der Waals surface area contributed by atoms with E-state index < -0.39 is 0 Å². The van der Waals surface area contributed by atoms with Gasteiger partial charge in [-0.1, -0.05) is 29.0 Å². The van der Waals surface area contributed by atoms with Crippen LogP contribution in [-0.2, 0) is 11.2 Å². The molecule has 2 bridgehead atoms. The number of aromatic amines is 1. The van der Waals surface area contributed by atoms with Gasteiger partial charge in [-0.05, 0) is 69.8 Å². The topological polar surface area (TPSA) is 71.8 Å². The summed E-state index contributed by atoms with van der Waals surface area (Å²) in [7, 11) is 0. The van der Waals surface area contributed by atoms with Crippen molar-refractivity contribution in [2.75, 3.05) is 0 Å². The molecule has 1 N–H and O–H groups in total. The van der Waals surface area contributed by atoms with Crippen molar-refractivity contribution in [2.24, 2.45) is 23.7 Å². The van der Waals surface area contributed by atoms with Gasteiger partial charge in [0.25, 0.3) is 0 Å². The Morgan fingerprint density at radius 2 is 1.97 bits per heavy atom. The number of H-pyrrole nitrogens is 1. The zero-order valence-corrected chi connectivity index (χ0v) is 18.2. The second-order valence-corrected chi connectivity index (χ2v) is 9.84. The fourth-order valence-electron chi connectivity index (χ4n) is 6.17. The molecular formula is C26H29N3O2. The number of imidazole rings is 1. The quantitative estimate of drug-likeness (QED) is 0.678. The van der Waals surface area contributed by atoms with Crippen molar-refractivity contribution in [3.05, 3.63) is 64.1 Å². The van der Waals surface area contributed by atoms with Crippen molar-refractivity contribution in [1.82, 2.24) is 15.1 Å². The maximum Gasteiger partial charge on any atom is 0.162 e. The molecule has 0 aromatic carbocycles. The minimum Gasteiger partial charge on any atom is -0.361 e. The SMILES string of the molecule is Cc1noc(C)c1C1C=CC=C(C2CC2)C1Cc1nc(/C=C2\C(=O)C3CCC2C3)c[nH]1. The summed E-state index contributed by atoms with van der Waals surface area (Å²) < 4.78 is 5.50. The molecule has 5 heteroatoms. The molecule has 6 rings (SSSR count). The van der Waals surface area contributed by atoms with Gasteiger partial charge in [0.15, 0.2) is 5.78 Å². The molecule has 0 amide bonds. The number of nitrogens with zero attached hydrogens (tertiary/aromatic N) is 2. The molecule has 0 aliphatic heterocycles. The van der Waals surface area contributed by atoms with Crippen LogP contribution in [0.1, 0.15) is 66.6 Å². The van der Waals surface area contributed by atoms with Crippen molar-refractivity contribution >= 4 is 11.9 Å². The molecule has 4 aliphatic carbocycles. The first kappa shape index (κ1) is 19.0. The molecule has 5 nitrogen and oxygen atoms in total. The number of hydrogen-bond donors (Lipinski definition) is 1. The fourth-order valence-corrected chi connectivity index (χ4v) is 6.17. The van der Waals surface area contributed by atoms with Crippen molar-refractivity contribution in [3.8, 4) is 0 Å². The lowest BCUT2D eigenvalue weighted by Gasteiger charge is -2.29. The zero-order valence-electron chi connectivity index (χ0n) is 18.2. The Morgan fingerprint density at radius 1 is 1.16 bits per heavy atom. The van der Waals surface area contributed by atoms with E-state index in [0.717, 1.165) is 54.2 Å². The van der Waals surface area contributed by atoms with Crippen LogP contribution in [0.5, 0.6) is 0 Å². The summed E-state index contributed by atoms with van der Waals surface area (Å²) in [6.07, 6.45) is 17.5. The highest BCUT2D eigenvalue weighted by Crippen LogP contribution is 2.49. The number of hydrogen-bond acceptors (Lipinski definition) is 4. The molecule has 31 heavy (non-hydrogen) atoms. The van der Waals surface area contributed by atoms with Crippen molar-refractivity contribution < 1.29 is 9.32 Å².